The number of aromatic hydroxyl groups is 1. The topological polar surface area (TPSA) is 175 Å². The summed E-state index contributed by atoms with van der Waals surface area (Å²) in [5.74, 6) is -9.58. The molecular weight excluding hydrogens is 519 g/mol. The first-order valence-electron chi connectivity index (χ1n) is 11.2. The zero-order valence-corrected chi connectivity index (χ0v) is 19.3. The molecular formula is C23H20F3N3O9. The molecule has 3 atom stereocenters. The molecule has 3 heterocycles. The summed E-state index contributed by atoms with van der Waals surface area (Å²) in [6, 6.07) is 0.912. The van der Waals surface area contributed by atoms with Crippen molar-refractivity contribution in [2.24, 2.45) is 0 Å². The number of hydrogen-bond donors (Lipinski definition) is 4. The number of carbonyl (C=O) groups excluding carboxylic acids is 2. The number of carboxylic acid groups (broad SMARTS) is 2. The van der Waals surface area contributed by atoms with E-state index in [1.165, 1.54) is 9.47 Å². The van der Waals surface area contributed by atoms with Crippen LogP contribution in [-0.4, -0.2) is 66.9 Å². The van der Waals surface area contributed by atoms with E-state index in [-0.39, 0.29) is 24.4 Å². The SMILES string of the molecule is O=C(NCc1c(F)cc(F)cc1F)c1cn2c(c(O)c1=O)C(=O)N1[C@H]3CC[C@H](C3)O[C@@H]1C2.O=C(O)C(=O)O. The summed E-state index contributed by atoms with van der Waals surface area (Å²) in [6.07, 6.45) is 2.86. The normalized spacial score (nSPS) is 21.1. The Bertz CT molecular complexity index is 1380. The number of carboxylic acids is 2. The van der Waals surface area contributed by atoms with Gasteiger partial charge in [-0.1, -0.05) is 0 Å². The van der Waals surface area contributed by atoms with Crippen LogP contribution in [0.2, 0.25) is 0 Å². The maximum absolute atomic E-state index is 13.8. The minimum Gasteiger partial charge on any atom is -0.503 e. The first-order chi connectivity index (χ1) is 17.9. The van der Waals surface area contributed by atoms with Crippen LogP contribution in [0.4, 0.5) is 13.2 Å². The Hall–Kier alpha value is -4.40. The van der Waals surface area contributed by atoms with E-state index >= 15 is 0 Å². The molecule has 2 bridgehead atoms. The monoisotopic (exact) mass is 539 g/mol. The number of rotatable bonds is 3. The lowest BCUT2D eigenvalue weighted by Gasteiger charge is -2.44. The van der Waals surface area contributed by atoms with Crippen LogP contribution in [0.5, 0.6) is 5.75 Å². The van der Waals surface area contributed by atoms with E-state index in [0.29, 0.717) is 18.6 Å². The van der Waals surface area contributed by atoms with Gasteiger partial charge >= 0.3 is 11.9 Å². The molecule has 5 rings (SSSR count). The van der Waals surface area contributed by atoms with Gasteiger partial charge in [0.05, 0.1) is 12.6 Å². The van der Waals surface area contributed by atoms with Crippen LogP contribution in [0.3, 0.4) is 0 Å². The molecule has 2 amide bonds. The standard InChI is InChI=1S/C21H18F3N3O5.C2H2O4/c22-9-3-14(23)12(15(24)4-9)6-25-20(30)13-7-26-8-16-27(10-1-2-11(5-10)32-16)21(31)17(26)19(29)18(13)28;3-1(4)2(5)6/h3-4,7,10-11,16,29H,1-2,5-6,8H2,(H,25,30);(H,3,4)(H,5,6)/t10-,11+,16+;/m0./s1. The number of benzene rings is 1. The summed E-state index contributed by atoms with van der Waals surface area (Å²) in [7, 11) is 0. The van der Waals surface area contributed by atoms with E-state index in [2.05, 4.69) is 5.32 Å². The Morgan fingerprint density at radius 2 is 1.68 bits per heavy atom. The van der Waals surface area contributed by atoms with Crippen molar-refractivity contribution in [2.45, 2.75) is 50.7 Å². The second-order valence-corrected chi connectivity index (χ2v) is 8.75. The summed E-state index contributed by atoms with van der Waals surface area (Å²) in [6.45, 7) is -0.538. The molecule has 1 aromatic heterocycles. The Morgan fingerprint density at radius 1 is 1.05 bits per heavy atom. The summed E-state index contributed by atoms with van der Waals surface area (Å²) < 4.78 is 47.9. The van der Waals surface area contributed by atoms with Crippen molar-refractivity contribution < 1.29 is 52.4 Å². The summed E-state index contributed by atoms with van der Waals surface area (Å²) in [5.41, 5.74) is -2.40. The van der Waals surface area contributed by atoms with Gasteiger partial charge in [0, 0.05) is 36.5 Å². The van der Waals surface area contributed by atoms with Gasteiger partial charge in [-0.25, -0.2) is 22.8 Å². The van der Waals surface area contributed by atoms with Crippen molar-refractivity contribution in [2.75, 3.05) is 0 Å². The number of fused-ring (bicyclic) bond motifs is 5. The summed E-state index contributed by atoms with van der Waals surface area (Å²) in [5, 5.41) is 27.4. The molecule has 15 heteroatoms. The van der Waals surface area contributed by atoms with Crippen molar-refractivity contribution in [1.29, 1.82) is 0 Å². The Labute approximate surface area is 210 Å². The Morgan fingerprint density at radius 3 is 2.29 bits per heavy atom. The third-order valence-corrected chi connectivity index (χ3v) is 6.42. The molecule has 1 aromatic carbocycles. The number of nitrogens with zero attached hydrogens (tertiary/aromatic N) is 2. The molecule has 1 saturated heterocycles. The number of amides is 2. The fourth-order valence-corrected chi connectivity index (χ4v) is 4.72. The van der Waals surface area contributed by atoms with Crippen LogP contribution in [0.15, 0.2) is 23.1 Å². The number of carbonyl (C=O) groups is 4. The maximum Gasteiger partial charge on any atom is 0.414 e. The highest BCUT2D eigenvalue weighted by molar-refractivity contribution is 6.27. The lowest BCUT2D eigenvalue weighted by atomic mass is 10.1. The first kappa shape index (κ1) is 26.7. The second kappa shape index (κ2) is 10.2. The largest absolute Gasteiger partial charge is 0.503 e. The molecule has 3 aliphatic rings. The molecule has 0 unspecified atom stereocenters. The van der Waals surface area contributed by atoms with E-state index in [4.69, 9.17) is 24.5 Å². The van der Waals surface area contributed by atoms with E-state index in [9.17, 15) is 32.7 Å². The van der Waals surface area contributed by atoms with Crippen LogP contribution < -0.4 is 10.7 Å². The second-order valence-electron chi connectivity index (χ2n) is 8.75. The zero-order valence-electron chi connectivity index (χ0n) is 19.3. The minimum absolute atomic E-state index is 0.0296. The number of aliphatic carboxylic acids is 2. The molecule has 38 heavy (non-hydrogen) atoms. The number of ether oxygens (including phenoxy) is 1. The van der Waals surface area contributed by atoms with Gasteiger partial charge in [-0.15, -0.1) is 0 Å². The van der Waals surface area contributed by atoms with Crippen molar-refractivity contribution in [3.63, 3.8) is 0 Å². The first-order valence-corrected chi connectivity index (χ1v) is 11.2. The van der Waals surface area contributed by atoms with Gasteiger partial charge in [0.25, 0.3) is 11.8 Å². The zero-order chi connectivity index (χ0) is 27.9. The predicted octanol–water partition coefficient (Wildman–Crippen LogP) is 0.790. The molecule has 1 saturated carbocycles. The number of nitrogens with one attached hydrogen (secondary N) is 1. The molecule has 12 nitrogen and oxygen atoms in total. The number of hydrogen-bond acceptors (Lipinski definition) is 7. The van der Waals surface area contributed by atoms with Crippen LogP contribution in [-0.2, 0) is 27.4 Å². The average Bonchev–Trinajstić information content (AvgIpc) is 3.21. The molecule has 1 aliphatic carbocycles. The number of halogens is 3. The summed E-state index contributed by atoms with van der Waals surface area (Å²) in [4.78, 5) is 57.9. The van der Waals surface area contributed by atoms with Gasteiger partial charge in [0.15, 0.2) is 17.7 Å². The molecule has 0 spiro atoms. The van der Waals surface area contributed by atoms with Gasteiger partial charge in [-0.3, -0.25) is 14.4 Å². The van der Waals surface area contributed by atoms with Gasteiger partial charge in [-0.2, -0.15) is 0 Å². The van der Waals surface area contributed by atoms with Crippen molar-refractivity contribution in [1.82, 2.24) is 14.8 Å². The van der Waals surface area contributed by atoms with Gasteiger partial charge < -0.3 is 34.8 Å². The van der Waals surface area contributed by atoms with E-state index in [0.717, 1.165) is 19.0 Å². The molecule has 2 fully saturated rings. The van der Waals surface area contributed by atoms with E-state index in [1.54, 1.807) is 0 Å². The third kappa shape index (κ3) is 4.91. The van der Waals surface area contributed by atoms with E-state index in [1.807, 2.05) is 0 Å². The van der Waals surface area contributed by atoms with Crippen molar-refractivity contribution in [3.05, 3.63) is 62.8 Å². The highest BCUT2D eigenvalue weighted by Gasteiger charge is 2.47. The van der Waals surface area contributed by atoms with Crippen LogP contribution >= 0.6 is 0 Å². The Balaban J connectivity index is 0.000000505. The Kier molecular flexibility index (Phi) is 7.13. The number of pyridine rings is 1. The summed E-state index contributed by atoms with van der Waals surface area (Å²) >= 11 is 0. The maximum atomic E-state index is 13.8. The predicted molar refractivity (Wildman–Crippen MR) is 118 cm³/mol. The highest BCUT2D eigenvalue weighted by atomic mass is 19.1. The fraction of sp³-hybridized carbons (Fsp3) is 0.348. The molecule has 2 aromatic rings. The van der Waals surface area contributed by atoms with Crippen LogP contribution in [0.25, 0.3) is 0 Å². The fourth-order valence-electron chi connectivity index (χ4n) is 4.72. The van der Waals surface area contributed by atoms with Gasteiger partial charge in [0.1, 0.15) is 23.0 Å². The molecule has 0 radical (unpaired) electrons. The number of aromatic nitrogens is 1. The quantitative estimate of drug-likeness (QED) is 0.411. The van der Waals surface area contributed by atoms with Crippen molar-refractivity contribution in [3.8, 4) is 5.75 Å². The molecule has 202 valence electrons. The average molecular weight is 539 g/mol. The lowest BCUT2D eigenvalue weighted by molar-refractivity contribution is -0.159. The van der Waals surface area contributed by atoms with Crippen LogP contribution in [0.1, 0.15) is 45.7 Å². The highest BCUT2D eigenvalue weighted by Crippen LogP contribution is 2.38. The third-order valence-electron chi connectivity index (χ3n) is 6.42. The van der Waals surface area contributed by atoms with Gasteiger partial charge in [-0.05, 0) is 19.3 Å². The molecule has 4 N–H and O–H groups in total. The minimum atomic E-state index is -1.82. The van der Waals surface area contributed by atoms with E-state index < -0.39 is 76.3 Å². The van der Waals surface area contributed by atoms with Gasteiger partial charge in [0.2, 0.25) is 5.43 Å². The molecule has 2 aliphatic heterocycles. The van der Waals surface area contributed by atoms with Crippen LogP contribution in [0, 0.1) is 17.5 Å². The lowest BCUT2D eigenvalue weighted by Crippen LogP contribution is -2.57. The smallest absolute Gasteiger partial charge is 0.414 e. The van der Waals surface area contributed by atoms with Crippen molar-refractivity contribution >= 4 is 23.8 Å².